The normalized spacial score (nSPS) is 19.2. The molecule has 0 unspecified atom stereocenters. The molecular formula is C17H16N2. The molecule has 1 saturated heterocycles. The lowest BCUT2D eigenvalue weighted by molar-refractivity contribution is 0.897. The van der Waals surface area contributed by atoms with Gasteiger partial charge in [-0.25, -0.2) is 0 Å². The first-order valence-electron chi connectivity index (χ1n) is 6.49. The molecule has 1 aromatic heterocycles. The van der Waals surface area contributed by atoms with Crippen molar-refractivity contribution in [2.45, 2.75) is 0 Å². The Morgan fingerprint density at radius 3 is 2.00 bits per heavy atom. The summed E-state index contributed by atoms with van der Waals surface area (Å²) < 4.78 is 0. The molecule has 2 heterocycles. The highest BCUT2D eigenvalue weighted by Crippen LogP contribution is 2.20. The summed E-state index contributed by atoms with van der Waals surface area (Å²) in [7, 11) is 0. The molecule has 1 N–H and O–H groups in total. The van der Waals surface area contributed by atoms with Crippen LogP contribution in [0.25, 0.3) is 12.2 Å². The monoisotopic (exact) mass is 248 g/mol. The maximum absolute atomic E-state index is 4.05. The molecule has 1 aromatic carbocycles. The minimum absolute atomic E-state index is 0.932. The van der Waals surface area contributed by atoms with Crippen LogP contribution < -0.4 is 5.32 Å². The lowest BCUT2D eigenvalue weighted by atomic mass is 10.0. The number of nitrogens with one attached hydrogen (secondary N) is 1. The molecule has 94 valence electrons. The Morgan fingerprint density at radius 2 is 1.37 bits per heavy atom. The van der Waals surface area contributed by atoms with Gasteiger partial charge in [-0.2, -0.15) is 0 Å². The summed E-state index contributed by atoms with van der Waals surface area (Å²) in [5, 5.41) is 3.41. The van der Waals surface area contributed by atoms with Crippen LogP contribution in [0.5, 0.6) is 0 Å². The second-order valence-corrected chi connectivity index (χ2v) is 4.63. The fourth-order valence-electron chi connectivity index (χ4n) is 2.26. The number of benzene rings is 1. The number of rotatable bonds is 2. The van der Waals surface area contributed by atoms with E-state index in [0.29, 0.717) is 0 Å². The Kier molecular flexibility index (Phi) is 3.52. The third-order valence-electron chi connectivity index (χ3n) is 3.23. The SMILES string of the molecule is C(=C1/CNC/C1=C/c1ccncc1)/c1ccccc1. The zero-order chi connectivity index (χ0) is 12.9. The van der Waals surface area contributed by atoms with E-state index in [1.807, 2.05) is 30.6 Å². The Balaban J connectivity index is 1.90. The van der Waals surface area contributed by atoms with Gasteiger partial charge >= 0.3 is 0 Å². The van der Waals surface area contributed by atoms with Gasteiger partial charge < -0.3 is 5.32 Å². The second-order valence-electron chi connectivity index (χ2n) is 4.63. The van der Waals surface area contributed by atoms with Gasteiger partial charge in [-0.1, -0.05) is 42.5 Å². The van der Waals surface area contributed by atoms with Crippen molar-refractivity contribution in [3.63, 3.8) is 0 Å². The van der Waals surface area contributed by atoms with Crippen molar-refractivity contribution in [2.75, 3.05) is 13.1 Å². The van der Waals surface area contributed by atoms with E-state index < -0.39 is 0 Å². The average Bonchev–Trinajstić information content (AvgIpc) is 2.88. The van der Waals surface area contributed by atoms with Gasteiger partial charge in [-0.05, 0) is 34.4 Å². The van der Waals surface area contributed by atoms with Gasteiger partial charge in [-0.3, -0.25) is 4.98 Å². The molecular weight excluding hydrogens is 232 g/mol. The third-order valence-corrected chi connectivity index (χ3v) is 3.23. The number of hydrogen-bond donors (Lipinski definition) is 1. The van der Waals surface area contributed by atoms with Gasteiger partial charge in [0.2, 0.25) is 0 Å². The minimum atomic E-state index is 0.932. The molecule has 0 saturated carbocycles. The van der Waals surface area contributed by atoms with Crippen molar-refractivity contribution >= 4 is 12.2 Å². The van der Waals surface area contributed by atoms with Gasteiger partial charge in [0.25, 0.3) is 0 Å². The maximum Gasteiger partial charge on any atom is 0.0273 e. The van der Waals surface area contributed by atoms with E-state index >= 15 is 0 Å². The van der Waals surface area contributed by atoms with Crippen molar-refractivity contribution in [3.8, 4) is 0 Å². The minimum Gasteiger partial charge on any atom is -0.309 e. The van der Waals surface area contributed by atoms with Crippen LogP contribution in [-0.2, 0) is 0 Å². The van der Waals surface area contributed by atoms with Crippen LogP contribution in [0.2, 0.25) is 0 Å². The van der Waals surface area contributed by atoms with E-state index in [4.69, 9.17) is 0 Å². The first kappa shape index (κ1) is 11.9. The summed E-state index contributed by atoms with van der Waals surface area (Å²) in [6.07, 6.45) is 8.15. The predicted octanol–water partition coefficient (Wildman–Crippen LogP) is 3.15. The topological polar surface area (TPSA) is 24.9 Å². The van der Waals surface area contributed by atoms with E-state index in [-0.39, 0.29) is 0 Å². The summed E-state index contributed by atoms with van der Waals surface area (Å²) in [6.45, 7) is 1.87. The zero-order valence-electron chi connectivity index (χ0n) is 10.7. The zero-order valence-corrected chi connectivity index (χ0v) is 10.7. The van der Waals surface area contributed by atoms with Crippen LogP contribution >= 0.6 is 0 Å². The summed E-state index contributed by atoms with van der Waals surface area (Å²) in [6, 6.07) is 14.5. The van der Waals surface area contributed by atoms with Gasteiger partial charge in [0.05, 0.1) is 0 Å². The summed E-state index contributed by atoms with van der Waals surface area (Å²) in [4.78, 5) is 4.05. The van der Waals surface area contributed by atoms with E-state index in [0.717, 1.165) is 13.1 Å². The highest BCUT2D eigenvalue weighted by atomic mass is 14.9. The maximum atomic E-state index is 4.05. The van der Waals surface area contributed by atoms with Crippen LogP contribution in [0.1, 0.15) is 11.1 Å². The van der Waals surface area contributed by atoms with Crippen LogP contribution in [0.15, 0.2) is 66.0 Å². The third kappa shape index (κ3) is 2.98. The molecule has 1 fully saturated rings. The van der Waals surface area contributed by atoms with Gasteiger partial charge in [0.15, 0.2) is 0 Å². The van der Waals surface area contributed by atoms with Crippen molar-refractivity contribution in [1.29, 1.82) is 0 Å². The first-order valence-corrected chi connectivity index (χ1v) is 6.49. The van der Waals surface area contributed by atoms with E-state index in [1.165, 1.54) is 22.3 Å². The molecule has 0 spiro atoms. The van der Waals surface area contributed by atoms with Crippen molar-refractivity contribution in [2.24, 2.45) is 0 Å². The van der Waals surface area contributed by atoms with Crippen LogP contribution in [-0.4, -0.2) is 18.1 Å². The van der Waals surface area contributed by atoms with Crippen LogP contribution in [0.3, 0.4) is 0 Å². The Labute approximate surface area is 113 Å². The lowest BCUT2D eigenvalue weighted by Crippen LogP contribution is -2.05. The van der Waals surface area contributed by atoms with Crippen molar-refractivity contribution in [1.82, 2.24) is 10.3 Å². The fourth-order valence-corrected chi connectivity index (χ4v) is 2.26. The molecule has 0 amide bonds. The number of nitrogens with zero attached hydrogens (tertiary/aromatic N) is 1. The Morgan fingerprint density at radius 1 is 0.789 bits per heavy atom. The molecule has 0 bridgehead atoms. The van der Waals surface area contributed by atoms with E-state index in [2.05, 4.69) is 46.7 Å². The van der Waals surface area contributed by atoms with Crippen molar-refractivity contribution in [3.05, 3.63) is 77.1 Å². The quantitative estimate of drug-likeness (QED) is 0.883. The van der Waals surface area contributed by atoms with E-state index in [9.17, 15) is 0 Å². The first-order chi connectivity index (χ1) is 9.42. The molecule has 0 aliphatic carbocycles. The molecule has 2 nitrogen and oxygen atoms in total. The summed E-state index contributed by atoms with van der Waals surface area (Å²) in [5.74, 6) is 0. The molecule has 1 aliphatic rings. The Hall–Kier alpha value is -2.19. The molecule has 3 rings (SSSR count). The molecule has 2 heteroatoms. The lowest BCUT2D eigenvalue weighted by Gasteiger charge is -2.01. The molecule has 0 atom stereocenters. The predicted molar refractivity (Wildman–Crippen MR) is 79.5 cm³/mol. The van der Waals surface area contributed by atoms with E-state index in [1.54, 1.807) is 0 Å². The highest BCUT2D eigenvalue weighted by molar-refractivity contribution is 5.68. The smallest absolute Gasteiger partial charge is 0.0273 e. The van der Waals surface area contributed by atoms with Gasteiger partial charge in [0, 0.05) is 25.5 Å². The summed E-state index contributed by atoms with van der Waals surface area (Å²) >= 11 is 0. The fraction of sp³-hybridized carbons (Fsp3) is 0.118. The number of aromatic nitrogens is 1. The standard InChI is InChI=1S/C17H16N2/c1-2-4-14(5-3-1)10-16-12-19-13-17(16)11-15-6-8-18-9-7-15/h1-11,19H,12-13H2/b16-10+,17-11-. The molecule has 1 aliphatic heterocycles. The highest BCUT2D eigenvalue weighted by Gasteiger charge is 2.12. The molecule has 19 heavy (non-hydrogen) atoms. The van der Waals surface area contributed by atoms with Crippen LogP contribution in [0, 0.1) is 0 Å². The number of pyridine rings is 1. The molecule has 2 aromatic rings. The molecule has 0 radical (unpaired) electrons. The number of hydrogen-bond acceptors (Lipinski definition) is 2. The summed E-state index contributed by atoms with van der Waals surface area (Å²) in [5.41, 5.74) is 5.17. The van der Waals surface area contributed by atoms with Crippen molar-refractivity contribution < 1.29 is 0 Å². The van der Waals surface area contributed by atoms with Gasteiger partial charge in [-0.15, -0.1) is 0 Å². The second kappa shape index (κ2) is 5.63. The van der Waals surface area contributed by atoms with Crippen LogP contribution in [0.4, 0.5) is 0 Å². The largest absolute Gasteiger partial charge is 0.309 e. The van der Waals surface area contributed by atoms with Gasteiger partial charge in [0.1, 0.15) is 0 Å². The Bertz CT molecular complexity index is 542. The average molecular weight is 248 g/mol.